The third-order valence-corrected chi connectivity index (χ3v) is 7.02. The molecule has 0 radical (unpaired) electrons. The Morgan fingerprint density at radius 3 is 2.49 bits per heavy atom. The van der Waals surface area contributed by atoms with Gasteiger partial charge in [-0.2, -0.15) is 0 Å². The minimum absolute atomic E-state index is 0.431. The van der Waals surface area contributed by atoms with Crippen molar-refractivity contribution in [3.8, 4) is 5.75 Å². The van der Waals surface area contributed by atoms with Gasteiger partial charge in [0.05, 0.1) is 35.8 Å². The average molecular weight is 498 g/mol. The van der Waals surface area contributed by atoms with Crippen LogP contribution in [-0.2, 0) is 9.59 Å². The van der Waals surface area contributed by atoms with E-state index in [1.807, 2.05) is 36.4 Å². The smallest absolute Gasteiger partial charge is 0.391 e. The van der Waals surface area contributed by atoms with E-state index in [0.29, 0.717) is 34.1 Å². The maximum Gasteiger partial charge on any atom is 0.391 e. The zero-order chi connectivity index (χ0) is 26.1. The van der Waals surface area contributed by atoms with Crippen molar-refractivity contribution in [1.29, 1.82) is 0 Å². The Morgan fingerprint density at radius 1 is 1.05 bits per heavy atom. The largest absolute Gasteiger partial charge is 0.497 e. The van der Waals surface area contributed by atoms with E-state index in [4.69, 9.17) is 15.5 Å². The molecule has 10 nitrogen and oxygen atoms in total. The van der Waals surface area contributed by atoms with Crippen LogP contribution in [0.5, 0.6) is 5.75 Å². The van der Waals surface area contributed by atoms with Crippen molar-refractivity contribution in [2.75, 3.05) is 19.1 Å². The van der Waals surface area contributed by atoms with Crippen molar-refractivity contribution < 1.29 is 19.1 Å². The number of nitrogens with two attached hydrogens (primary N) is 1. The number of hydrogen-bond acceptors (Lipinski definition) is 6. The van der Waals surface area contributed by atoms with Crippen LogP contribution in [0, 0.1) is 0 Å². The number of rotatable bonds is 4. The monoisotopic (exact) mass is 497 g/mol. The van der Waals surface area contributed by atoms with Crippen LogP contribution in [-0.4, -0.2) is 60.0 Å². The summed E-state index contributed by atoms with van der Waals surface area (Å²) in [5, 5.41) is 2.29. The molecule has 0 aliphatic carbocycles. The third kappa shape index (κ3) is 3.00. The zero-order valence-corrected chi connectivity index (χ0v) is 20.5. The molecule has 186 valence electrons. The van der Waals surface area contributed by atoms with Crippen molar-refractivity contribution in [2.24, 2.45) is 10.7 Å². The predicted octanol–water partition coefficient (Wildman–Crippen LogP) is 2.93. The molecular formula is C27H25N6O4+. The van der Waals surface area contributed by atoms with Crippen LogP contribution in [0.4, 0.5) is 21.9 Å². The second-order valence-electron chi connectivity index (χ2n) is 9.27. The summed E-state index contributed by atoms with van der Waals surface area (Å²) in [6, 6.07) is 20.4. The Bertz CT molecular complexity index is 1500. The second kappa shape index (κ2) is 7.99. The van der Waals surface area contributed by atoms with Gasteiger partial charge in [-0.25, -0.2) is 14.6 Å². The van der Waals surface area contributed by atoms with Gasteiger partial charge >= 0.3 is 17.8 Å². The summed E-state index contributed by atoms with van der Waals surface area (Å²) in [6.45, 7) is 1.53. The molecule has 10 heteroatoms. The highest BCUT2D eigenvalue weighted by molar-refractivity contribution is 6.25. The number of urea groups is 1. The average Bonchev–Trinajstić information content (AvgIpc) is 3.07. The number of fused-ring (bicyclic) bond motifs is 1. The van der Waals surface area contributed by atoms with E-state index in [1.54, 1.807) is 50.6 Å². The van der Waals surface area contributed by atoms with Gasteiger partial charge in [-0.15, -0.1) is 9.60 Å². The summed E-state index contributed by atoms with van der Waals surface area (Å²) >= 11 is 0. The number of carbonyl (C=O) groups excluding carboxylic acids is 3. The molecule has 4 heterocycles. The second-order valence-corrected chi connectivity index (χ2v) is 9.27. The van der Waals surface area contributed by atoms with E-state index in [0.717, 1.165) is 15.7 Å². The molecule has 0 spiro atoms. The first-order chi connectivity index (χ1) is 17.8. The van der Waals surface area contributed by atoms with Gasteiger partial charge in [-0.1, -0.05) is 47.6 Å². The Balaban J connectivity index is 1.74. The van der Waals surface area contributed by atoms with E-state index >= 15 is 0 Å². The lowest BCUT2D eigenvalue weighted by molar-refractivity contribution is -0.166. The summed E-state index contributed by atoms with van der Waals surface area (Å²) in [6.07, 6.45) is -1.27. The Kier molecular flexibility index (Phi) is 4.94. The SMILES string of the molecule is COc1cccc(N2C(=O)N3C4N=C(c5ccccc5)c5c2cccc5[N@+](C)(C4=O)N3C(=O)[C@H](C)N)c1. The number of aliphatic imine (C=N–C) groups is 1. The van der Waals surface area contributed by atoms with Crippen molar-refractivity contribution in [2.45, 2.75) is 19.1 Å². The first-order valence-corrected chi connectivity index (χ1v) is 11.8. The molecule has 0 saturated carbocycles. The zero-order valence-electron chi connectivity index (χ0n) is 20.5. The number of hydrogen-bond donors (Lipinski definition) is 1. The molecule has 2 N–H and O–H groups in total. The highest BCUT2D eigenvalue weighted by Gasteiger charge is 2.67. The number of carbonyl (C=O) groups is 3. The Labute approximate surface area is 213 Å². The molecule has 4 aliphatic rings. The first-order valence-electron chi connectivity index (χ1n) is 11.8. The summed E-state index contributed by atoms with van der Waals surface area (Å²) in [4.78, 5) is 48.3. The molecule has 7 rings (SSSR count). The lowest BCUT2D eigenvalue weighted by Gasteiger charge is -2.42. The molecular weight excluding hydrogens is 472 g/mol. The van der Waals surface area contributed by atoms with E-state index in [9.17, 15) is 14.4 Å². The summed E-state index contributed by atoms with van der Waals surface area (Å²) in [5.41, 5.74) is 9.53. The maximum absolute atomic E-state index is 14.4. The van der Waals surface area contributed by atoms with E-state index in [-0.39, 0.29) is 0 Å². The van der Waals surface area contributed by atoms with Crippen LogP contribution >= 0.6 is 0 Å². The van der Waals surface area contributed by atoms with Gasteiger partial charge in [0.25, 0.3) is 6.17 Å². The number of benzene rings is 3. The molecule has 1 saturated heterocycles. The topological polar surface area (TPSA) is 109 Å². The third-order valence-electron chi connectivity index (χ3n) is 7.02. The fraction of sp³-hybridized carbons (Fsp3) is 0.185. The molecule has 4 amide bonds. The number of likely N-dealkylation sites (N-methyl/N-ethyl adjacent to an activating group) is 1. The highest BCUT2D eigenvalue weighted by Crippen LogP contribution is 2.49. The summed E-state index contributed by atoms with van der Waals surface area (Å²) < 4.78 is 4.84. The minimum atomic E-state index is -1.27. The van der Waals surface area contributed by atoms with Crippen LogP contribution < -0.4 is 20.0 Å². The van der Waals surface area contributed by atoms with E-state index in [2.05, 4.69) is 0 Å². The number of anilines is 2. The molecule has 1 unspecified atom stereocenters. The Hall–Kier alpha value is -4.54. The van der Waals surface area contributed by atoms with Gasteiger partial charge in [-0.05, 0) is 25.1 Å². The molecule has 3 aromatic carbocycles. The van der Waals surface area contributed by atoms with Crippen molar-refractivity contribution in [1.82, 2.24) is 14.7 Å². The Morgan fingerprint density at radius 2 is 1.78 bits per heavy atom. The van der Waals surface area contributed by atoms with Crippen LogP contribution in [0.3, 0.4) is 0 Å². The van der Waals surface area contributed by atoms with Gasteiger partial charge < -0.3 is 10.5 Å². The minimum Gasteiger partial charge on any atom is -0.497 e. The van der Waals surface area contributed by atoms with Crippen LogP contribution in [0.2, 0.25) is 0 Å². The van der Waals surface area contributed by atoms with Crippen LogP contribution in [0.1, 0.15) is 18.1 Å². The quantitative estimate of drug-likeness (QED) is 0.558. The van der Waals surface area contributed by atoms with Crippen molar-refractivity contribution in [3.63, 3.8) is 0 Å². The number of ether oxygens (including phenoxy) is 1. The van der Waals surface area contributed by atoms with Gasteiger partial charge in [0.2, 0.25) is 0 Å². The standard InChI is InChI=1S/C27H25N6O4/c1-16(28)25(34)32-31-24-26(35)33(32,2)21-14-8-13-20(22(21)23(29-24)17-9-5-4-6-10-17)30(27(31)36)18-11-7-12-19(15-18)37-3/h4-16,24H,28H2,1-3H3/q+1/t16-,24?,33+/m0/s1. The number of amides is 4. The molecule has 37 heavy (non-hydrogen) atoms. The predicted molar refractivity (Wildman–Crippen MR) is 138 cm³/mol. The fourth-order valence-electron chi connectivity index (χ4n) is 5.25. The molecule has 6 bridgehead atoms. The lowest BCUT2D eigenvalue weighted by atomic mass is 9.96. The van der Waals surface area contributed by atoms with Gasteiger partial charge in [0.1, 0.15) is 12.8 Å². The highest BCUT2D eigenvalue weighted by atomic mass is 16.5. The van der Waals surface area contributed by atoms with Crippen LogP contribution in [0.25, 0.3) is 0 Å². The molecule has 1 fully saturated rings. The van der Waals surface area contributed by atoms with Crippen LogP contribution in [0.15, 0.2) is 77.8 Å². The van der Waals surface area contributed by atoms with Crippen molar-refractivity contribution >= 4 is 40.6 Å². The number of nitrogens with zero attached hydrogens (tertiary/aromatic N) is 5. The maximum atomic E-state index is 14.4. The van der Waals surface area contributed by atoms with Crippen molar-refractivity contribution in [3.05, 3.63) is 83.9 Å². The number of quaternary nitrogens is 1. The van der Waals surface area contributed by atoms with E-state index < -0.39 is 34.6 Å². The molecule has 3 aromatic rings. The summed E-state index contributed by atoms with van der Waals surface area (Å²) in [5.74, 6) is -0.453. The summed E-state index contributed by atoms with van der Waals surface area (Å²) in [7, 11) is 3.15. The molecule has 4 aliphatic heterocycles. The van der Waals surface area contributed by atoms with Gasteiger partial charge in [-0.3, -0.25) is 9.69 Å². The van der Waals surface area contributed by atoms with Gasteiger partial charge in [0, 0.05) is 17.7 Å². The molecule has 3 atom stereocenters. The fourth-order valence-corrected chi connectivity index (χ4v) is 5.25. The number of hydrazine groups is 1. The van der Waals surface area contributed by atoms with Gasteiger partial charge in [0.15, 0.2) is 5.69 Å². The number of methoxy groups -OCH3 is 1. The first kappa shape index (κ1) is 22.9. The van der Waals surface area contributed by atoms with E-state index in [1.165, 1.54) is 11.8 Å². The molecule has 0 aromatic heterocycles. The lowest BCUT2D eigenvalue weighted by Crippen LogP contribution is -2.67. The normalized spacial score (nSPS) is 22.5.